The Labute approximate surface area is 142 Å². The average Bonchev–Trinajstić information content (AvgIpc) is 2.64. The van der Waals surface area contributed by atoms with Crippen LogP contribution in [0.5, 0.6) is 0 Å². The van der Waals surface area contributed by atoms with Gasteiger partial charge >= 0.3 is 0 Å². The molecule has 0 fully saturated rings. The Bertz CT molecular complexity index is 549. The molecule has 0 saturated carbocycles. The van der Waals surface area contributed by atoms with Crippen LogP contribution in [0.25, 0.3) is 0 Å². The number of hydrogen-bond donors (Lipinski definition) is 0. The van der Waals surface area contributed by atoms with Crippen LogP contribution in [-0.2, 0) is 6.42 Å². The van der Waals surface area contributed by atoms with Crippen molar-refractivity contribution in [3.05, 3.63) is 96.1 Å². The Balaban J connectivity index is 0.00000127. The number of allylic oxidation sites excluding steroid dienone is 4. The minimum absolute atomic E-state index is 0.551. The summed E-state index contributed by atoms with van der Waals surface area (Å²) < 4.78 is 0. The van der Waals surface area contributed by atoms with Gasteiger partial charge in [0, 0.05) is 0 Å². The van der Waals surface area contributed by atoms with Crippen molar-refractivity contribution in [1.29, 1.82) is 0 Å². The summed E-state index contributed by atoms with van der Waals surface area (Å²) in [5, 5.41) is 0. The van der Waals surface area contributed by atoms with E-state index in [9.17, 15) is 0 Å². The largest absolute Gasteiger partial charge is 0.0914 e. The van der Waals surface area contributed by atoms with E-state index in [1.165, 1.54) is 11.1 Å². The summed E-state index contributed by atoms with van der Waals surface area (Å²) in [6.45, 7) is 6.07. The van der Waals surface area contributed by atoms with Gasteiger partial charge in [0.1, 0.15) is 0 Å². The lowest BCUT2D eigenvalue weighted by molar-refractivity contribution is 0.694. The van der Waals surface area contributed by atoms with Crippen LogP contribution >= 0.6 is 0 Å². The maximum Gasteiger partial charge on any atom is -0.00869 e. The zero-order valence-electron chi connectivity index (χ0n) is 14.8. The third-order valence-electron chi connectivity index (χ3n) is 3.69. The number of hydrogen-bond acceptors (Lipinski definition) is 0. The van der Waals surface area contributed by atoms with Crippen molar-refractivity contribution >= 4 is 0 Å². The van der Waals surface area contributed by atoms with Gasteiger partial charge in [0.2, 0.25) is 0 Å². The van der Waals surface area contributed by atoms with E-state index < -0.39 is 0 Å². The Hall–Kier alpha value is -2.08. The lowest BCUT2D eigenvalue weighted by Crippen LogP contribution is -2.02. The molecule has 0 aliphatic carbocycles. The first-order chi connectivity index (χ1) is 11.4. The molecular formula is C23H30. The van der Waals surface area contributed by atoms with E-state index in [4.69, 9.17) is 0 Å². The Kier molecular flexibility index (Phi) is 10.3. The molecule has 23 heavy (non-hydrogen) atoms. The fourth-order valence-corrected chi connectivity index (χ4v) is 2.53. The van der Waals surface area contributed by atoms with Gasteiger partial charge in [-0.05, 0) is 43.2 Å². The summed E-state index contributed by atoms with van der Waals surface area (Å²) in [6, 6.07) is 21.6. The number of benzene rings is 2. The van der Waals surface area contributed by atoms with Crippen molar-refractivity contribution in [2.75, 3.05) is 0 Å². The third-order valence-corrected chi connectivity index (χ3v) is 3.69. The smallest absolute Gasteiger partial charge is 0.00869 e. The summed E-state index contributed by atoms with van der Waals surface area (Å²) in [4.78, 5) is 0. The molecule has 0 aliphatic rings. The molecule has 0 nitrogen and oxygen atoms in total. The molecule has 0 radical (unpaired) electrons. The second kappa shape index (κ2) is 12.5. The molecule has 2 rings (SSSR count). The van der Waals surface area contributed by atoms with Crippen molar-refractivity contribution in [1.82, 2.24) is 0 Å². The molecule has 122 valence electrons. The molecule has 0 saturated heterocycles. The topological polar surface area (TPSA) is 0 Å². The Morgan fingerprint density at radius 1 is 0.783 bits per heavy atom. The van der Waals surface area contributed by atoms with E-state index in [0.29, 0.717) is 5.92 Å². The molecule has 0 bridgehead atoms. The molecule has 0 heterocycles. The normalized spacial score (nSPS) is 12.1. The zero-order chi connectivity index (χ0) is 16.8. The van der Waals surface area contributed by atoms with Crippen molar-refractivity contribution in [2.24, 2.45) is 0 Å². The van der Waals surface area contributed by atoms with Crippen molar-refractivity contribution in [2.45, 2.75) is 46.0 Å². The van der Waals surface area contributed by atoms with Crippen LogP contribution in [0.1, 0.15) is 50.7 Å². The highest BCUT2D eigenvalue weighted by atomic mass is 14.1. The van der Waals surface area contributed by atoms with Crippen LogP contribution in [0.2, 0.25) is 0 Å². The first kappa shape index (κ1) is 19.0. The van der Waals surface area contributed by atoms with Gasteiger partial charge in [-0.2, -0.15) is 0 Å². The average molecular weight is 306 g/mol. The second-order valence-corrected chi connectivity index (χ2v) is 5.31. The van der Waals surface area contributed by atoms with Gasteiger partial charge in [-0.1, -0.05) is 98.8 Å². The first-order valence-corrected chi connectivity index (χ1v) is 8.75. The van der Waals surface area contributed by atoms with Crippen molar-refractivity contribution in [3.8, 4) is 0 Å². The molecule has 0 aliphatic heterocycles. The summed E-state index contributed by atoms with van der Waals surface area (Å²) in [6.07, 6.45) is 12.1. The predicted octanol–water partition coefficient (Wildman–Crippen LogP) is 6.95. The van der Waals surface area contributed by atoms with Gasteiger partial charge in [0.25, 0.3) is 0 Å². The molecule has 0 spiro atoms. The zero-order valence-corrected chi connectivity index (χ0v) is 14.8. The quantitative estimate of drug-likeness (QED) is 0.485. The lowest BCUT2D eigenvalue weighted by atomic mass is 9.89. The standard InChI is InChI=1S/C21H24.C2H6/c1-2-3-4-5-10-17-21(20-15-11-7-12-16-20)18-19-13-8-6-9-14-19;1-2/h2-3,5-16,21H,4,17-18H2,1H3;1-2H3/b3-2-,10-5-;. The molecule has 0 aromatic heterocycles. The SMILES string of the molecule is C/C=C\C/C=C\CC(Cc1ccccc1)c1ccccc1.CC. The first-order valence-electron chi connectivity index (χ1n) is 8.75. The van der Waals surface area contributed by atoms with Crippen molar-refractivity contribution < 1.29 is 0 Å². The van der Waals surface area contributed by atoms with E-state index in [1.807, 2.05) is 13.8 Å². The van der Waals surface area contributed by atoms with Crippen molar-refractivity contribution in [3.63, 3.8) is 0 Å². The highest BCUT2D eigenvalue weighted by Gasteiger charge is 2.10. The van der Waals surface area contributed by atoms with E-state index in [0.717, 1.165) is 19.3 Å². The van der Waals surface area contributed by atoms with Gasteiger partial charge in [0.15, 0.2) is 0 Å². The van der Waals surface area contributed by atoms with Crippen LogP contribution in [0.15, 0.2) is 85.0 Å². The molecule has 0 heteroatoms. The molecule has 2 aromatic carbocycles. The van der Waals surface area contributed by atoms with E-state index in [2.05, 4.69) is 91.9 Å². The maximum atomic E-state index is 2.32. The van der Waals surface area contributed by atoms with Gasteiger partial charge in [-0.3, -0.25) is 0 Å². The maximum absolute atomic E-state index is 2.32. The lowest BCUT2D eigenvalue weighted by Gasteiger charge is -2.16. The highest BCUT2D eigenvalue weighted by Crippen LogP contribution is 2.24. The van der Waals surface area contributed by atoms with Crippen LogP contribution in [0.3, 0.4) is 0 Å². The second-order valence-electron chi connectivity index (χ2n) is 5.31. The van der Waals surface area contributed by atoms with Crippen LogP contribution in [-0.4, -0.2) is 0 Å². The van der Waals surface area contributed by atoms with Gasteiger partial charge in [-0.25, -0.2) is 0 Å². The molecule has 1 atom stereocenters. The number of rotatable bonds is 7. The molecule has 1 unspecified atom stereocenters. The van der Waals surface area contributed by atoms with Crippen LogP contribution in [0, 0.1) is 0 Å². The van der Waals surface area contributed by atoms with E-state index in [-0.39, 0.29) is 0 Å². The minimum atomic E-state index is 0.551. The summed E-state index contributed by atoms with van der Waals surface area (Å²) >= 11 is 0. The van der Waals surface area contributed by atoms with Gasteiger partial charge < -0.3 is 0 Å². The minimum Gasteiger partial charge on any atom is -0.0914 e. The summed E-state index contributed by atoms with van der Waals surface area (Å²) in [5.74, 6) is 0.551. The van der Waals surface area contributed by atoms with Crippen LogP contribution < -0.4 is 0 Å². The van der Waals surface area contributed by atoms with Gasteiger partial charge in [-0.15, -0.1) is 0 Å². The van der Waals surface area contributed by atoms with E-state index >= 15 is 0 Å². The van der Waals surface area contributed by atoms with Gasteiger partial charge in [0.05, 0.1) is 0 Å². The Morgan fingerprint density at radius 2 is 1.39 bits per heavy atom. The Morgan fingerprint density at radius 3 is 2.00 bits per heavy atom. The highest BCUT2D eigenvalue weighted by molar-refractivity contribution is 5.25. The fourth-order valence-electron chi connectivity index (χ4n) is 2.53. The van der Waals surface area contributed by atoms with Crippen LogP contribution in [0.4, 0.5) is 0 Å². The summed E-state index contributed by atoms with van der Waals surface area (Å²) in [7, 11) is 0. The monoisotopic (exact) mass is 306 g/mol. The summed E-state index contributed by atoms with van der Waals surface area (Å²) in [5.41, 5.74) is 2.84. The fraction of sp³-hybridized carbons (Fsp3) is 0.304. The van der Waals surface area contributed by atoms with E-state index in [1.54, 1.807) is 0 Å². The third kappa shape index (κ3) is 7.65. The molecule has 2 aromatic rings. The predicted molar refractivity (Wildman–Crippen MR) is 104 cm³/mol. The molecular weight excluding hydrogens is 276 g/mol. The molecule has 0 amide bonds. The molecule has 0 N–H and O–H groups in total.